The smallest absolute Gasteiger partial charge is 0.0692 e. The summed E-state index contributed by atoms with van der Waals surface area (Å²) in [5, 5.41) is 9.14. The average Bonchev–Trinajstić information content (AvgIpc) is 2.39. The molecule has 0 bridgehead atoms. The molecule has 94 valence electrons. The minimum absolute atomic E-state index is 0.0713. The van der Waals surface area contributed by atoms with E-state index in [-0.39, 0.29) is 6.61 Å². The van der Waals surface area contributed by atoms with Crippen molar-refractivity contribution in [3.8, 4) is 0 Å². The van der Waals surface area contributed by atoms with Gasteiger partial charge in [0.1, 0.15) is 0 Å². The number of aliphatic hydroxyl groups excluding tert-OH is 1. The maximum atomic E-state index is 9.14. The predicted octanol–water partition coefficient (Wildman–Crippen LogP) is 2.56. The van der Waals surface area contributed by atoms with E-state index in [9.17, 15) is 0 Å². The third-order valence-electron chi connectivity index (χ3n) is 3.35. The van der Waals surface area contributed by atoms with Crippen molar-refractivity contribution >= 4 is 21.6 Å². The largest absolute Gasteiger partial charge is 0.392 e. The lowest BCUT2D eigenvalue weighted by Crippen LogP contribution is -2.36. The lowest BCUT2D eigenvalue weighted by Gasteiger charge is -2.33. The monoisotopic (exact) mass is 299 g/mol. The number of hydrogen-bond donors (Lipinski definition) is 1. The van der Waals surface area contributed by atoms with Gasteiger partial charge in [0.15, 0.2) is 0 Å². The van der Waals surface area contributed by atoms with E-state index >= 15 is 0 Å². The van der Waals surface area contributed by atoms with E-state index < -0.39 is 0 Å². The molecule has 0 aromatic heterocycles. The number of ether oxygens (including phenoxy) is 1. The molecular weight excluding hydrogens is 282 g/mol. The lowest BCUT2D eigenvalue weighted by molar-refractivity contribution is 0.0855. The number of halogens is 1. The molecule has 1 fully saturated rings. The first-order valence-electron chi connectivity index (χ1n) is 5.92. The minimum Gasteiger partial charge on any atom is -0.392 e. The average molecular weight is 300 g/mol. The Balaban J connectivity index is 2.12. The quantitative estimate of drug-likeness (QED) is 0.931. The molecule has 1 aromatic rings. The highest BCUT2D eigenvalue weighted by Gasteiger charge is 2.19. The molecule has 4 heteroatoms. The summed E-state index contributed by atoms with van der Waals surface area (Å²) in [7, 11) is 2.12. The first kappa shape index (κ1) is 12.9. The topological polar surface area (TPSA) is 32.7 Å². The summed E-state index contributed by atoms with van der Waals surface area (Å²) in [5.74, 6) is 0. The van der Waals surface area contributed by atoms with Gasteiger partial charge in [0, 0.05) is 36.5 Å². The van der Waals surface area contributed by atoms with Gasteiger partial charge in [0.2, 0.25) is 0 Å². The van der Waals surface area contributed by atoms with Gasteiger partial charge in [-0.1, -0.05) is 22.0 Å². The fourth-order valence-corrected chi connectivity index (χ4v) is 2.66. The summed E-state index contributed by atoms with van der Waals surface area (Å²) in [6, 6.07) is 6.65. The van der Waals surface area contributed by atoms with Gasteiger partial charge >= 0.3 is 0 Å². The van der Waals surface area contributed by atoms with Crippen LogP contribution in [-0.2, 0) is 11.3 Å². The van der Waals surface area contributed by atoms with Gasteiger partial charge in [-0.15, -0.1) is 0 Å². The Kier molecular flexibility index (Phi) is 4.42. The van der Waals surface area contributed by atoms with Crippen molar-refractivity contribution in [3.63, 3.8) is 0 Å². The Labute approximate surface area is 111 Å². The summed E-state index contributed by atoms with van der Waals surface area (Å²) >= 11 is 3.49. The Bertz CT molecular complexity index is 378. The van der Waals surface area contributed by atoms with Crippen LogP contribution in [0.3, 0.4) is 0 Å². The Morgan fingerprint density at radius 2 is 2.12 bits per heavy atom. The second-order valence-corrected chi connectivity index (χ2v) is 5.24. The fourth-order valence-electron chi connectivity index (χ4n) is 2.17. The molecule has 1 aliphatic heterocycles. The third-order valence-corrected chi connectivity index (χ3v) is 4.09. The van der Waals surface area contributed by atoms with Crippen LogP contribution >= 0.6 is 15.9 Å². The molecule has 17 heavy (non-hydrogen) atoms. The summed E-state index contributed by atoms with van der Waals surface area (Å²) in [5.41, 5.74) is 2.11. The summed E-state index contributed by atoms with van der Waals surface area (Å²) < 4.78 is 6.35. The predicted molar refractivity (Wildman–Crippen MR) is 72.3 cm³/mol. The van der Waals surface area contributed by atoms with E-state index in [0.29, 0.717) is 6.04 Å². The lowest BCUT2D eigenvalue weighted by atomic mass is 10.1. The zero-order chi connectivity index (χ0) is 12.3. The van der Waals surface area contributed by atoms with E-state index in [0.717, 1.165) is 36.1 Å². The summed E-state index contributed by atoms with van der Waals surface area (Å²) in [4.78, 5) is 2.30. The van der Waals surface area contributed by atoms with Gasteiger partial charge < -0.3 is 14.7 Å². The van der Waals surface area contributed by atoms with Gasteiger partial charge in [-0.2, -0.15) is 0 Å². The van der Waals surface area contributed by atoms with Gasteiger partial charge in [-0.3, -0.25) is 0 Å². The first-order valence-corrected chi connectivity index (χ1v) is 6.71. The van der Waals surface area contributed by atoms with Crippen LogP contribution in [0.2, 0.25) is 0 Å². The Hall–Kier alpha value is -0.580. The molecule has 1 aromatic carbocycles. The maximum absolute atomic E-state index is 9.14. The highest BCUT2D eigenvalue weighted by Crippen LogP contribution is 2.26. The number of aliphatic hydroxyl groups is 1. The molecule has 0 radical (unpaired) electrons. The zero-order valence-corrected chi connectivity index (χ0v) is 11.6. The van der Waals surface area contributed by atoms with E-state index in [1.54, 1.807) is 0 Å². The Morgan fingerprint density at radius 3 is 2.71 bits per heavy atom. The number of nitrogens with zero attached hydrogens (tertiary/aromatic N) is 1. The van der Waals surface area contributed by atoms with Crippen molar-refractivity contribution in [3.05, 3.63) is 28.2 Å². The van der Waals surface area contributed by atoms with Crippen LogP contribution in [-0.4, -0.2) is 31.4 Å². The Morgan fingerprint density at radius 1 is 1.41 bits per heavy atom. The molecule has 0 amide bonds. The van der Waals surface area contributed by atoms with Gasteiger partial charge in [-0.05, 0) is 30.5 Å². The van der Waals surface area contributed by atoms with Gasteiger partial charge in [-0.25, -0.2) is 0 Å². The molecule has 0 saturated carbocycles. The minimum atomic E-state index is 0.0713. The van der Waals surface area contributed by atoms with Crippen LogP contribution in [0.1, 0.15) is 18.4 Å². The molecule has 0 spiro atoms. The zero-order valence-electron chi connectivity index (χ0n) is 10.0. The van der Waals surface area contributed by atoms with Gasteiger partial charge in [0.05, 0.1) is 6.61 Å². The van der Waals surface area contributed by atoms with Crippen LogP contribution in [0.4, 0.5) is 5.69 Å². The second kappa shape index (κ2) is 5.85. The van der Waals surface area contributed by atoms with Crippen LogP contribution < -0.4 is 4.90 Å². The normalized spacial score (nSPS) is 17.1. The first-order chi connectivity index (χ1) is 8.22. The van der Waals surface area contributed by atoms with Crippen molar-refractivity contribution in [2.24, 2.45) is 0 Å². The van der Waals surface area contributed by atoms with Crippen LogP contribution in [0.5, 0.6) is 0 Å². The second-order valence-electron chi connectivity index (χ2n) is 4.39. The highest BCUT2D eigenvalue weighted by molar-refractivity contribution is 9.10. The van der Waals surface area contributed by atoms with Crippen molar-refractivity contribution in [1.82, 2.24) is 0 Å². The third kappa shape index (κ3) is 3.00. The maximum Gasteiger partial charge on any atom is 0.0692 e. The van der Waals surface area contributed by atoms with Crippen LogP contribution in [0, 0.1) is 0 Å². The van der Waals surface area contributed by atoms with E-state index in [1.165, 1.54) is 5.69 Å². The van der Waals surface area contributed by atoms with E-state index in [1.807, 2.05) is 6.07 Å². The molecule has 0 aliphatic carbocycles. The number of rotatable bonds is 3. The van der Waals surface area contributed by atoms with Crippen molar-refractivity contribution < 1.29 is 9.84 Å². The van der Waals surface area contributed by atoms with Crippen molar-refractivity contribution in [2.75, 3.05) is 25.2 Å². The van der Waals surface area contributed by atoms with E-state index in [2.05, 4.69) is 40.0 Å². The van der Waals surface area contributed by atoms with E-state index in [4.69, 9.17) is 9.84 Å². The molecule has 1 saturated heterocycles. The molecule has 2 rings (SSSR count). The molecule has 0 unspecified atom stereocenters. The molecule has 1 aliphatic rings. The van der Waals surface area contributed by atoms with Crippen molar-refractivity contribution in [1.29, 1.82) is 0 Å². The number of hydrogen-bond acceptors (Lipinski definition) is 3. The van der Waals surface area contributed by atoms with Crippen LogP contribution in [0.15, 0.2) is 22.7 Å². The SMILES string of the molecule is CN(c1ccc(CO)c(Br)c1)C1CCOCC1. The molecule has 0 atom stereocenters. The van der Waals surface area contributed by atoms with Crippen LogP contribution in [0.25, 0.3) is 0 Å². The highest BCUT2D eigenvalue weighted by atomic mass is 79.9. The number of benzene rings is 1. The summed E-state index contributed by atoms with van der Waals surface area (Å²) in [6.07, 6.45) is 2.16. The summed E-state index contributed by atoms with van der Waals surface area (Å²) in [6.45, 7) is 1.78. The fraction of sp³-hybridized carbons (Fsp3) is 0.538. The molecular formula is C13H18BrNO2. The molecule has 3 nitrogen and oxygen atoms in total. The standard InChI is InChI=1S/C13H18BrNO2/c1-15(11-4-6-17-7-5-11)12-3-2-10(9-16)13(14)8-12/h2-3,8,11,16H,4-7,9H2,1H3. The van der Waals surface area contributed by atoms with Crippen molar-refractivity contribution in [2.45, 2.75) is 25.5 Å². The molecule has 1 N–H and O–H groups in total. The number of anilines is 1. The van der Waals surface area contributed by atoms with Gasteiger partial charge in [0.25, 0.3) is 0 Å². The molecule has 1 heterocycles.